The zero-order valence-corrected chi connectivity index (χ0v) is 18.6. The highest BCUT2D eigenvalue weighted by atomic mass is 32.2. The molecule has 0 unspecified atom stereocenters. The predicted molar refractivity (Wildman–Crippen MR) is 119 cm³/mol. The van der Waals surface area contributed by atoms with Gasteiger partial charge in [-0.05, 0) is 54.3 Å². The highest BCUT2D eigenvalue weighted by Crippen LogP contribution is 2.38. The van der Waals surface area contributed by atoms with E-state index < -0.39 is 25.8 Å². The largest absolute Gasteiger partial charge is 0.312 e. The Hall–Kier alpha value is -2.96. The van der Waals surface area contributed by atoms with Crippen LogP contribution in [0.4, 0.5) is 11.4 Å². The third-order valence-corrected chi connectivity index (χ3v) is 8.40. The van der Waals surface area contributed by atoms with Crippen molar-refractivity contribution >= 4 is 42.8 Å². The second kappa shape index (κ2) is 7.57. The number of sulfonamides is 2. The molecule has 3 aromatic rings. The lowest BCUT2D eigenvalue weighted by Gasteiger charge is -2.25. The highest BCUT2D eigenvalue weighted by molar-refractivity contribution is 7.92. The molecule has 1 aromatic carbocycles. The van der Waals surface area contributed by atoms with Crippen molar-refractivity contribution < 1.29 is 21.6 Å². The van der Waals surface area contributed by atoms with Crippen LogP contribution in [0.25, 0.3) is 5.52 Å². The highest BCUT2D eigenvalue weighted by Gasteiger charge is 2.32. The first-order valence-corrected chi connectivity index (χ1v) is 13.3. The molecule has 10 nitrogen and oxygen atoms in total. The van der Waals surface area contributed by atoms with E-state index in [-0.39, 0.29) is 17.3 Å². The molecule has 32 heavy (non-hydrogen) atoms. The Bertz CT molecular complexity index is 1450. The number of benzene rings is 1. The van der Waals surface area contributed by atoms with E-state index in [1.807, 2.05) is 0 Å². The summed E-state index contributed by atoms with van der Waals surface area (Å²) < 4.78 is 56.9. The first-order chi connectivity index (χ1) is 15.2. The molecule has 0 fully saturated rings. The number of fused-ring (bicyclic) bond motifs is 1. The van der Waals surface area contributed by atoms with Gasteiger partial charge in [0.25, 0.3) is 0 Å². The molecule has 0 radical (unpaired) electrons. The van der Waals surface area contributed by atoms with Gasteiger partial charge in [0.1, 0.15) is 0 Å². The lowest BCUT2D eigenvalue weighted by Crippen LogP contribution is -2.33. The first-order valence-electron chi connectivity index (χ1n) is 10.1. The molecule has 168 valence electrons. The van der Waals surface area contributed by atoms with Crippen molar-refractivity contribution in [2.45, 2.75) is 24.2 Å². The molecule has 12 heteroatoms. The fourth-order valence-electron chi connectivity index (χ4n) is 4.19. The van der Waals surface area contributed by atoms with Gasteiger partial charge < -0.3 is 4.90 Å². The quantitative estimate of drug-likeness (QED) is 0.522. The summed E-state index contributed by atoms with van der Waals surface area (Å²) in [6.07, 6.45) is 4.70. The number of aromatic nitrogens is 2. The van der Waals surface area contributed by atoms with Gasteiger partial charge in [-0.3, -0.25) is 9.52 Å². The van der Waals surface area contributed by atoms with Crippen LogP contribution >= 0.6 is 0 Å². The van der Waals surface area contributed by atoms with Crippen molar-refractivity contribution in [2.24, 2.45) is 0 Å². The van der Waals surface area contributed by atoms with Crippen LogP contribution in [0, 0.1) is 0 Å². The number of rotatable bonds is 7. The molecule has 5 rings (SSSR count). The zero-order valence-electron chi connectivity index (χ0n) is 17.0. The van der Waals surface area contributed by atoms with E-state index in [2.05, 4.69) is 14.5 Å². The number of carbonyl (C=O) groups is 1. The van der Waals surface area contributed by atoms with Gasteiger partial charge in [-0.1, -0.05) is 0 Å². The standard InChI is InChI=1S/C20H21N5O5S2/c26-19-2-1-14-11-18(12-15-4-8-24(19)20(14)15)32(29,30)22-7-10-31(27,28)23-16-5-9-25-17(13-16)3-6-21-25/h3,5-6,9,11-13,22-23H,1-2,4,7-8,10H2. The maximum atomic E-state index is 12.8. The Balaban J connectivity index is 1.27. The number of hydrogen-bond donors (Lipinski definition) is 2. The topological polar surface area (TPSA) is 130 Å². The number of anilines is 2. The van der Waals surface area contributed by atoms with Crippen LogP contribution in [0.3, 0.4) is 0 Å². The Morgan fingerprint density at radius 3 is 2.59 bits per heavy atom. The van der Waals surface area contributed by atoms with E-state index in [0.29, 0.717) is 31.5 Å². The molecule has 0 bridgehead atoms. The minimum absolute atomic E-state index is 0.0649. The van der Waals surface area contributed by atoms with Gasteiger partial charge in [0.05, 0.1) is 27.5 Å². The number of pyridine rings is 1. The van der Waals surface area contributed by atoms with Gasteiger partial charge in [0.15, 0.2) is 0 Å². The van der Waals surface area contributed by atoms with E-state index in [9.17, 15) is 21.6 Å². The third kappa shape index (κ3) is 3.85. The van der Waals surface area contributed by atoms with Crippen molar-refractivity contribution in [1.29, 1.82) is 0 Å². The van der Waals surface area contributed by atoms with Crippen molar-refractivity contribution in [2.75, 3.05) is 28.5 Å². The molecular weight excluding hydrogens is 454 g/mol. The molecule has 0 saturated heterocycles. The minimum atomic E-state index is -3.90. The third-order valence-electron chi connectivity index (χ3n) is 5.67. The Labute approximate surface area is 185 Å². The van der Waals surface area contributed by atoms with E-state index >= 15 is 0 Å². The molecule has 2 aliphatic heterocycles. The normalized spacial score (nSPS) is 15.9. The maximum Gasteiger partial charge on any atom is 0.240 e. The molecule has 2 aromatic heterocycles. The second-order valence-electron chi connectivity index (χ2n) is 7.82. The van der Waals surface area contributed by atoms with Crippen LogP contribution in [0.5, 0.6) is 0 Å². The number of hydrogen-bond acceptors (Lipinski definition) is 6. The molecule has 0 atom stereocenters. The lowest BCUT2D eigenvalue weighted by molar-refractivity contribution is -0.118. The Kier molecular flexibility index (Phi) is 4.95. The average molecular weight is 476 g/mol. The monoisotopic (exact) mass is 475 g/mol. The number of nitrogens with zero attached hydrogens (tertiary/aromatic N) is 3. The smallest absolute Gasteiger partial charge is 0.240 e. The van der Waals surface area contributed by atoms with Crippen molar-refractivity contribution in [3.05, 3.63) is 53.9 Å². The van der Waals surface area contributed by atoms with Gasteiger partial charge in [-0.15, -0.1) is 0 Å². The number of aryl methyl sites for hydroxylation is 1. The van der Waals surface area contributed by atoms with Crippen LogP contribution in [0.2, 0.25) is 0 Å². The van der Waals surface area contributed by atoms with Crippen molar-refractivity contribution in [1.82, 2.24) is 14.3 Å². The van der Waals surface area contributed by atoms with Crippen LogP contribution in [-0.4, -0.2) is 51.2 Å². The van der Waals surface area contributed by atoms with Crippen molar-refractivity contribution in [3.63, 3.8) is 0 Å². The zero-order chi connectivity index (χ0) is 22.5. The molecule has 1 amide bonds. The summed E-state index contributed by atoms with van der Waals surface area (Å²) in [6, 6.07) is 8.11. The number of amides is 1. The number of nitrogens with one attached hydrogen (secondary N) is 2. The Morgan fingerprint density at radius 2 is 1.78 bits per heavy atom. The Morgan fingerprint density at radius 1 is 1.00 bits per heavy atom. The lowest BCUT2D eigenvalue weighted by atomic mass is 10.00. The molecule has 0 spiro atoms. The van der Waals surface area contributed by atoms with Gasteiger partial charge in [0.2, 0.25) is 26.0 Å². The van der Waals surface area contributed by atoms with Crippen LogP contribution in [0.1, 0.15) is 17.5 Å². The van der Waals surface area contributed by atoms with Crippen LogP contribution in [0.15, 0.2) is 47.6 Å². The summed E-state index contributed by atoms with van der Waals surface area (Å²) in [5, 5.41) is 4.05. The molecule has 4 heterocycles. The average Bonchev–Trinajstić information content (AvgIpc) is 3.37. The molecule has 0 aliphatic carbocycles. The second-order valence-corrected chi connectivity index (χ2v) is 11.4. The minimum Gasteiger partial charge on any atom is -0.312 e. The fourth-order valence-corrected chi connectivity index (χ4v) is 6.41. The van der Waals surface area contributed by atoms with E-state index in [4.69, 9.17) is 0 Å². The fraction of sp³-hybridized carbons (Fsp3) is 0.300. The van der Waals surface area contributed by atoms with Crippen LogP contribution in [-0.2, 0) is 37.7 Å². The van der Waals surface area contributed by atoms with Gasteiger partial charge >= 0.3 is 0 Å². The van der Waals surface area contributed by atoms with E-state index in [0.717, 1.165) is 22.3 Å². The summed E-state index contributed by atoms with van der Waals surface area (Å²) in [4.78, 5) is 13.9. The van der Waals surface area contributed by atoms with E-state index in [1.165, 1.54) is 0 Å². The molecule has 0 saturated carbocycles. The molecular formula is C20H21N5O5S2. The van der Waals surface area contributed by atoms with Crippen molar-refractivity contribution in [3.8, 4) is 0 Å². The summed E-state index contributed by atoms with van der Waals surface area (Å²) >= 11 is 0. The van der Waals surface area contributed by atoms with Crippen LogP contribution < -0.4 is 14.3 Å². The van der Waals surface area contributed by atoms with Gasteiger partial charge in [0, 0.05) is 31.9 Å². The van der Waals surface area contributed by atoms with E-state index in [1.54, 1.807) is 52.1 Å². The SMILES string of the molecule is O=C1CCc2cc(S(=O)(=O)NCCS(=O)(=O)Nc3ccn4nccc4c3)cc3c2N1CC3. The molecule has 2 N–H and O–H groups in total. The summed E-state index contributed by atoms with van der Waals surface area (Å²) in [5.74, 6) is -0.355. The summed E-state index contributed by atoms with van der Waals surface area (Å²) in [5.41, 5.74) is 3.61. The summed E-state index contributed by atoms with van der Waals surface area (Å²) in [6.45, 7) is 0.288. The molecule has 2 aliphatic rings. The van der Waals surface area contributed by atoms with Gasteiger partial charge in [-0.2, -0.15) is 5.10 Å². The maximum absolute atomic E-state index is 12.8. The first kappa shape index (κ1) is 20.9. The predicted octanol–water partition coefficient (Wildman–Crippen LogP) is 0.890. The summed E-state index contributed by atoms with van der Waals surface area (Å²) in [7, 11) is -7.66. The van der Waals surface area contributed by atoms with Gasteiger partial charge in [-0.25, -0.2) is 26.1 Å². The number of carbonyl (C=O) groups excluding carboxylic acids is 1.